The number of aromatic amines is 1. The van der Waals surface area contributed by atoms with E-state index in [0.717, 1.165) is 0 Å². The third-order valence-electron chi connectivity index (χ3n) is 15.4. The topological polar surface area (TPSA) is 211 Å². The highest BCUT2D eigenvalue weighted by atomic mass is 31.2. The quantitative estimate of drug-likeness (QED) is 0.0212. The van der Waals surface area contributed by atoms with Crippen LogP contribution in [-0.4, -0.2) is 119 Å². The maximum absolute atomic E-state index is 18.6. The molecule has 3 unspecified atom stereocenters. The van der Waals surface area contributed by atoms with Crippen molar-refractivity contribution >= 4 is 50.8 Å². The van der Waals surface area contributed by atoms with Gasteiger partial charge in [0.15, 0.2) is 55.4 Å². The van der Waals surface area contributed by atoms with Crippen molar-refractivity contribution in [3.05, 3.63) is 184 Å². The van der Waals surface area contributed by atoms with Crippen molar-refractivity contribution in [1.29, 1.82) is 0 Å². The first-order valence-corrected chi connectivity index (χ1v) is 31.0. The third-order valence-corrected chi connectivity index (χ3v) is 21.0. The van der Waals surface area contributed by atoms with Gasteiger partial charge >= 0.3 is 8.60 Å². The number of benzene rings is 4. The minimum absolute atomic E-state index is 0.0447. The van der Waals surface area contributed by atoms with Gasteiger partial charge in [-0.2, -0.15) is 0 Å². The van der Waals surface area contributed by atoms with Gasteiger partial charge in [0.05, 0.1) is 39.6 Å². The molecular weight excluding hydrogens is 1110 g/mol. The van der Waals surface area contributed by atoms with Crippen LogP contribution in [0, 0.1) is 12.4 Å². The van der Waals surface area contributed by atoms with Gasteiger partial charge in [0, 0.05) is 11.8 Å². The minimum Gasteiger partial charge on any atom is -0.497 e. The van der Waals surface area contributed by atoms with Crippen LogP contribution in [0.1, 0.15) is 73.6 Å². The van der Waals surface area contributed by atoms with E-state index < -0.39 is 95.6 Å². The zero-order valence-corrected chi connectivity index (χ0v) is 48.9. The van der Waals surface area contributed by atoms with Crippen molar-refractivity contribution in [2.45, 2.75) is 107 Å². The fourth-order valence-electron chi connectivity index (χ4n) is 10.1. The van der Waals surface area contributed by atoms with Crippen LogP contribution in [-0.2, 0) is 37.8 Å². The Kier molecular flexibility index (Phi) is 17.6. The lowest BCUT2D eigenvalue weighted by atomic mass is 9.79. The molecular formula is C59H64F2N9O11PSi. The van der Waals surface area contributed by atoms with Gasteiger partial charge in [-0.1, -0.05) is 100 Å². The van der Waals surface area contributed by atoms with Crippen LogP contribution in [0.4, 0.5) is 14.6 Å². The van der Waals surface area contributed by atoms with Crippen molar-refractivity contribution in [3.63, 3.8) is 0 Å². The molecule has 0 radical (unpaired) electrons. The molecule has 4 aromatic heterocycles. The Hall–Kier alpha value is -7.36. The normalized spacial score (nSPS) is 21.5. The molecule has 0 aliphatic carbocycles. The Balaban J connectivity index is 1.06. The van der Waals surface area contributed by atoms with Crippen molar-refractivity contribution < 1.29 is 55.3 Å². The maximum atomic E-state index is 18.6. The van der Waals surface area contributed by atoms with Gasteiger partial charge in [-0.3, -0.25) is 14.2 Å². The molecule has 2 aliphatic rings. The first-order chi connectivity index (χ1) is 40.0. The second-order valence-electron chi connectivity index (χ2n) is 21.4. The average Bonchev–Trinajstić information content (AvgIpc) is 2.50. The van der Waals surface area contributed by atoms with E-state index in [4.69, 9.17) is 48.3 Å². The Morgan fingerprint density at radius 1 is 0.807 bits per heavy atom. The first kappa shape index (κ1) is 58.8. The van der Waals surface area contributed by atoms with E-state index in [0.29, 0.717) is 40.2 Å². The highest BCUT2D eigenvalue weighted by Gasteiger charge is 2.55. The molecule has 20 nitrogen and oxygen atoms in total. The highest BCUT2D eigenvalue weighted by molar-refractivity contribution is 7.41. The molecule has 0 spiro atoms. The second-order valence-corrected chi connectivity index (χ2v) is 27.3. The molecule has 2 aliphatic heterocycles. The summed E-state index contributed by atoms with van der Waals surface area (Å²) in [6.45, 7) is 19.3. The van der Waals surface area contributed by atoms with Crippen molar-refractivity contribution in [1.82, 2.24) is 34.1 Å². The number of carbonyl (C=O) groups excluding carboxylic acids is 1. The fraction of sp³-hybridized carbons (Fsp3) is 0.373. The smallest absolute Gasteiger partial charge is 0.333 e. The SMILES string of the molecule is [C-]#[N+]CCOP(OC[C@H]1O[C@@H](n2cnc3c(NC(=O)c4ccccc4)ncnc32)[C@@H](F)C1OC(c1ccccc1)(c1ccc(OC)cc1)c1ccc(OC)cc1)OC1[C@@H](CC)O[C@@H](n2cc(F)c3c(=O)[nH]cnc32)[C@H]1O[Si](C)(C)C(C)(C)C. The van der Waals surface area contributed by atoms with Crippen LogP contribution >= 0.6 is 8.60 Å². The summed E-state index contributed by atoms with van der Waals surface area (Å²) in [4.78, 5) is 50.1. The average molecular weight is 1170 g/mol. The number of methoxy groups -OCH3 is 2. The second kappa shape index (κ2) is 24.8. The number of nitrogens with one attached hydrogen (secondary N) is 2. The number of H-pyrrole nitrogens is 1. The van der Waals surface area contributed by atoms with Gasteiger partial charge in [0.2, 0.25) is 6.54 Å². The van der Waals surface area contributed by atoms with E-state index >= 15 is 8.78 Å². The maximum Gasteiger partial charge on any atom is 0.333 e. The van der Waals surface area contributed by atoms with Gasteiger partial charge < -0.3 is 61.4 Å². The summed E-state index contributed by atoms with van der Waals surface area (Å²) in [5.41, 5.74) is 0.383. The molecule has 10 rings (SSSR count). The van der Waals surface area contributed by atoms with Gasteiger partial charge in [-0.25, -0.2) is 35.3 Å². The van der Waals surface area contributed by atoms with E-state index in [9.17, 15) is 9.59 Å². The lowest BCUT2D eigenvalue weighted by Gasteiger charge is -2.41. The lowest BCUT2D eigenvalue weighted by Crippen LogP contribution is -2.49. The van der Waals surface area contributed by atoms with Crippen LogP contribution in [0.5, 0.6) is 11.5 Å². The highest BCUT2D eigenvalue weighted by Crippen LogP contribution is 2.52. The number of fused-ring (bicyclic) bond motifs is 2. The summed E-state index contributed by atoms with van der Waals surface area (Å²) in [6.07, 6.45) is -4.54. The van der Waals surface area contributed by atoms with E-state index in [-0.39, 0.29) is 46.2 Å². The van der Waals surface area contributed by atoms with Gasteiger partial charge in [0.25, 0.3) is 11.5 Å². The predicted octanol–water partition coefficient (Wildman–Crippen LogP) is 10.8. The molecule has 24 heteroatoms. The van der Waals surface area contributed by atoms with E-state index in [1.807, 2.05) is 61.5 Å². The van der Waals surface area contributed by atoms with Crippen molar-refractivity contribution in [2.24, 2.45) is 0 Å². The molecule has 8 aromatic rings. The molecule has 0 saturated carbocycles. The van der Waals surface area contributed by atoms with Crippen LogP contribution in [0.3, 0.4) is 0 Å². The van der Waals surface area contributed by atoms with Gasteiger partial charge in [-0.05, 0) is 77.6 Å². The number of halogens is 2. The summed E-state index contributed by atoms with van der Waals surface area (Å²) >= 11 is 0. The molecule has 9 atom stereocenters. The summed E-state index contributed by atoms with van der Waals surface area (Å²) in [7, 11) is -2.09. The third kappa shape index (κ3) is 11.8. The summed E-state index contributed by atoms with van der Waals surface area (Å²) in [5.74, 6) is -0.00227. The number of nitrogens with zero attached hydrogens (tertiary/aromatic N) is 7. The molecule has 434 valence electrons. The number of ether oxygens (including phenoxy) is 5. The first-order valence-electron chi connectivity index (χ1n) is 27.0. The fourth-order valence-corrected chi connectivity index (χ4v) is 12.5. The molecule has 1 amide bonds. The molecule has 2 fully saturated rings. The Bertz CT molecular complexity index is 3580. The number of aromatic nitrogens is 7. The number of amides is 1. The van der Waals surface area contributed by atoms with E-state index in [2.05, 4.69) is 68.9 Å². The van der Waals surface area contributed by atoms with Crippen LogP contribution < -0.4 is 20.3 Å². The van der Waals surface area contributed by atoms with Crippen LogP contribution in [0.25, 0.3) is 27.0 Å². The summed E-state index contributed by atoms with van der Waals surface area (Å²) in [5, 5.41) is 2.24. The van der Waals surface area contributed by atoms with Crippen LogP contribution in [0.2, 0.25) is 18.1 Å². The van der Waals surface area contributed by atoms with Gasteiger partial charge in [-0.15, -0.1) is 0 Å². The molecule has 2 saturated heterocycles. The molecule has 83 heavy (non-hydrogen) atoms. The Morgan fingerprint density at radius 3 is 2.07 bits per heavy atom. The number of anilines is 1. The number of carbonyl (C=O) groups is 1. The number of hydrogen-bond acceptors (Lipinski definition) is 15. The predicted molar refractivity (Wildman–Crippen MR) is 307 cm³/mol. The van der Waals surface area contributed by atoms with E-state index in [1.54, 1.807) is 68.8 Å². The van der Waals surface area contributed by atoms with E-state index in [1.165, 1.54) is 34.3 Å². The monoisotopic (exact) mass is 1170 g/mol. The summed E-state index contributed by atoms with van der Waals surface area (Å²) < 4.78 is 96.7. The van der Waals surface area contributed by atoms with Crippen molar-refractivity contribution in [3.8, 4) is 11.5 Å². The molecule has 0 bridgehead atoms. The number of rotatable bonds is 22. The number of alkyl halides is 1. The van der Waals surface area contributed by atoms with Crippen molar-refractivity contribution in [2.75, 3.05) is 39.3 Å². The van der Waals surface area contributed by atoms with Gasteiger partial charge in [0.1, 0.15) is 59.8 Å². The lowest BCUT2D eigenvalue weighted by molar-refractivity contribution is -0.104. The molecule has 2 N–H and O–H groups in total. The molecule has 4 aromatic carbocycles. The number of imidazole rings is 1. The standard InChI is InChI=1S/C59H64F2N9O11PSi/c1-10-43-49(50(81-83(8,9)58(2,3)4)57(77-43)69-31-42(60)45-52(69)64-34-66-55(45)72)80-82(75-30-29-62-5)76-32-44-48(46(61)56(78-44)70-35-67-47-51(63-33-65-53(47)70)68-54(71)36-17-13-11-14-18-36)79-59(37-19-15-12-16-20-37,38-21-25-40(73-6)26-22-38)39-23-27-41(74-7)28-24-39/h11-28,31,33-35,43-44,46,48-50,56-57H,10,29-30,32H2,1-4,6-9H3,(H,64,66,72)(H,63,65,68,71)/t43-,44-,46+,48?,49?,50+,56-,57-,82?/m1/s1. The minimum atomic E-state index is -2.74. The largest absolute Gasteiger partial charge is 0.497 e. The molecule has 6 heterocycles. The Morgan fingerprint density at radius 2 is 1.45 bits per heavy atom. The summed E-state index contributed by atoms with van der Waals surface area (Å²) in [6, 6.07) is 32.6. The zero-order chi connectivity index (χ0) is 58.6. The zero-order valence-electron chi connectivity index (χ0n) is 47.0. The van der Waals surface area contributed by atoms with Crippen LogP contribution in [0.15, 0.2) is 139 Å². The number of hydrogen-bond donors (Lipinski definition) is 2. The Labute approximate surface area is 480 Å².